The number of nitrogens with zero attached hydrogens (tertiary/aromatic N) is 1. The van der Waals surface area contributed by atoms with E-state index in [1.54, 1.807) is 6.07 Å². The summed E-state index contributed by atoms with van der Waals surface area (Å²) in [4.78, 5) is 10.7. The number of carbonyl (C=O) groups excluding carboxylic acids is 1. The average Bonchev–Trinajstić information content (AvgIpc) is 2.33. The van der Waals surface area contributed by atoms with Crippen molar-refractivity contribution < 1.29 is 27.8 Å². The lowest BCUT2D eigenvalue weighted by molar-refractivity contribution is -0.303. The first-order chi connectivity index (χ1) is 8.79. The highest BCUT2D eigenvalue weighted by atomic mass is 32.2. The summed E-state index contributed by atoms with van der Waals surface area (Å²) in [6.45, 7) is -0.803. The van der Waals surface area contributed by atoms with Gasteiger partial charge in [0.25, 0.3) is 0 Å². The van der Waals surface area contributed by atoms with Gasteiger partial charge in [-0.25, -0.2) is 8.42 Å². The molecule has 0 spiro atoms. The van der Waals surface area contributed by atoms with E-state index in [-0.39, 0.29) is 11.4 Å². The molecule has 0 fully saturated rings. The quantitative estimate of drug-likeness (QED) is 0.681. The molecule has 0 saturated heterocycles. The first kappa shape index (κ1) is 15.1. The van der Waals surface area contributed by atoms with Crippen LogP contribution in [0.1, 0.15) is 0 Å². The van der Waals surface area contributed by atoms with E-state index in [4.69, 9.17) is 9.47 Å². The van der Waals surface area contributed by atoms with Crippen LogP contribution in [-0.2, 0) is 14.8 Å². The second-order valence-corrected chi connectivity index (χ2v) is 5.59. The Kier molecular flexibility index (Phi) is 4.60. The molecule has 1 rings (SSSR count). The molecule has 0 aromatic heterocycles. The van der Waals surface area contributed by atoms with Gasteiger partial charge in [-0.05, 0) is 12.1 Å². The molecule has 0 atom stereocenters. The normalized spacial score (nSPS) is 10.9. The summed E-state index contributed by atoms with van der Waals surface area (Å²) >= 11 is 0. The predicted molar refractivity (Wildman–Crippen MR) is 66.7 cm³/mol. The summed E-state index contributed by atoms with van der Waals surface area (Å²) < 4.78 is 34.0. The zero-order chi connectivity index (χ0) is 14.6. The summed E-state index contributed by atoms with van der Waals surface area (Å²) in [5.74, 6) is -0.925. The number of hydrogen-bond acceptors (Lipinski definition) is 6. The monoisotopic (exact) mass is 288 g/mol. The van der Waals surface area contributed by atoms with E-state index >= 15 is 0 Å². The molecule has 8 heteroatoms. The van der Waals surface area contributed by atoms with Crippen molar-refractivity contribution in [3.8, 4) is 11.5 Å². The Labute approximate surface area is 111 Å². The SMILES string of the molecule is COc1ccc(OC)c(N(CC(=O)[O-])S(C)(=O)=O)c1. The maximum atomic E-state index is 11.7. The lowest BCUT2D eigenvalue weighted by Crippen LogP contribution is -2.41. The number of anilines is 1. The number of hydrogen-bond donors (Lipinski definition) is 0. The van der Waals surface area contributed by atoms with Crippen molar-refractivity contribution in [1.82, 2.24) is 0 Å². The number of carbonyl (C=O) groups is 1. The number of carboxylic acids is 1. The third-order valence-electron chi connectivity index (χ3n) is 2.33. The zero-order valence-corrected chi connectivity index (χ0v) is 11.6. The maximum absolute atomic E-state index is 11.7. The second-order valence-electron chi connectivity index (χ2n) is 3.68. The minimum atomic E-state index is -3.79. The van der Waals surface area contributed by atoms with Gasteiger partial charge in [-0.3, -0.25) is 4.31 Å². The van der Waals surface area contributed by atoms with Gasteiger partial charge in [0.2, 0.25) is 10.0 Å². The smallest absolute Gasteiger partial charge is 0.232 e. The highest BCUT2D eigenvalue weighted by Crippen LogP contribution is 2.33. The zero-order valence-electron chi connectivity index (χ0n) is 10.7. The molecule has 0 amide bonds. The summed E-state index contributed by atoms with van der Waals surface area (Å²) in [5, 5.41) is 10.7. The Morgan fingerprint density at radius 3 is 2.37 bits per heavy atom. The van der Waals surface area contributed by atoms with E-state index in [2.05, 4.69) is 0 Å². The van der Waals surface area contributed by atoms with Crippen molar-refractivity contribution in [3.05, 3.63) is 18.2 Å². The third kappa shape index (κ3) is 3.75. The summed E-state index contributed by atoms with van der Waals surface area (Å²) in [6.07, 6.45) is 0.898. The molecule has 0 radical (unpaired) electrons. The molecule has 0 aliphatic carbocycles. The topological polar surface area (TPSA) is 96.0 Å². The molecule has 7 nitrogen and oxygen atoms in total. The van der Waals surface area contributed by atoms with Crippen LogP contribution in [-0.4, -0.2) is 41.4 Å². The van der Waals surface area contributed by atoms with Gasteiger partial charge in [0.1, 0.15) is 11.5 Å². The third-order valence-corrected chi connectivity index (χ3v) is 3.45. The molecule has 0 heterocycles. The van der Waals surface area contributed by atoms with Crippen molar-refractivity contribution in [2.24, 2.45) is 0 Å². The van der Waals surface area contributed by atoms with Crippen LogP contribution in [0.3, 0.4) is 0 Å². The molecule has 106 valence electrons. The fourth-order valence-electron chi connectivity index (χ4n) is 1.49. The van der Waals surface area contributed by atoms with Crippen molar-refractivity contribution in [1.29, 1.82) is 0 Å². The van der Waals surface area contributed by atoms with Gasteiger partial charge in [-0.15, -0.1) is 0 Å². The van der Waals surface area contributed by atoms with E-state index in [1.807, 2.05) is 0 Å². The molecule has 0 aliphatic heterocycles. The van der Waals surface area contributed by atoms with Gasteiger partial charge in [0.15, 0.2) is 0 Å². The predicted octanol–water partition coefficient (Wildman–Crippen LogP) is -0.780. The van der Waals surface area contributed by atoms with Crippen molar-refractivity contribution >= 4 is 21.7 Å². The van der Waals surface area contributed by atoms with Crippen LogP contribution in [0, 0.1) is 0 Å². The highest BCUT2D eigenvalue weighted by molar-refractivity contribution is 7.92. The maximum Gasteiger partial charge on any atom is 0.232 e. The highest BCUT2D eigenvalue weighted by Gasteiger charge is 2.22. The van der Waals surface area contributed by atoms with Crippen molar-refractivity contribution in [2.45, 2.75) is 0 Å². The molecule has 0 aliphatic rings. The second kappa shape index (κ2) is 5.79. The first-order valence-electron chi connectivity index (χ1n) is 5.19. The van der Waals surface area contributed by atoms with Gasteiger partial charge in [-0.1, -0.05) is 0 Å². The molecule has 0 unspecified atom stereocenters. The standard InChI is InChI=1S/C11H15NO6S/c1-17-8-4-5-10(18-2)9(6-8)12(7-11(13)14)19(3,15)16/h4-6H,7H2,1-3H3,(H,13,14)/p-1. The number of aliphatic carboxylic acids is 1. The minimum Gasteiger partial charge on any atom is -0.548 e. The Morgan fingerprint density at radius 1 is 1.32 bits per heavy atom. The van der Waals surface area contributed by atoms with Crippen LogP contribution in [0.5, 0.6) is 11.5 Å². The minimum absolute atomic E-state index is 0.0774. The first-order valence-corrected chi connectivity index (χ1v) is 7.04. The lowest BCUT2D eigenvalue weighted by atomic mass is 10.2. The van der Waals surface area contributed by atoms with Crippen LogP contribution in [0.2, 0.25) is 0 Å². The molecular formula is C11H14NO6S-. The van der Waals surface area contributed by atoms with Crippen molar-refractivity contribution in [3.63, 3.8) is 0 Å². The van der Waals surface area contributed by atoms with Gasteiger partial charge in [0.05, 0.1) is 38.7 Å². The Bertz CT molecular complexity index is 569. The van der Waals surface area contributed by atoms with Crippen LogP contribution >= 0.6 is 0 Å². The lowest BCUT2D eigenvalue weighted by Gasteiger charge is -2.24. The van der Waals surface area contributed by atoms with E-state index in [9.17, 15) is 18.3 Å². The number of ether oxygens (including phenoxy) is 2. The van der Waals surface area contributed by atoms with Crippen LogP contribution in [0.15, 0.2) is 18.2 Å². The Morgan fingerprint density at radius 2 is 1.95 bits per heavy atom. The fraction of sp³-hybridized carbons (Fsp3) is 0.364. The number of carboxylic acid groups (broad SMARTS) is 1. The molecule has 0 saturated carbocycles. The summed E-state index contributed by atoms with van der Waals surface area (Å²) in [7, 11) is -1.03. The number of sulfonamides is 1. The number of methoxy groups -OCH3 is 2. The van der Waals surface area contributed by atoms with E-state index in [1.165, 1.54) is 26.4 Å². The van der Waals surface area contributed by atoms with Gasteiger partial charge < -0.3 is 19.4 Å². The molecule has 0 N–H and O–H groups in total. The number of rotatable bonds is 6. The molecular weight excluding hydrogens is 274 g/mol. The largest absolute Gasteiger partial charge is 0.548 e. The Balaban J connectivity index is 3.39. The summed E-state index contributed by atoms with van der Waals surface area (Å²) in [5.41, 5.74) is 0.0774. The summed E-state index contributed by atoms with van der Waals surface area (Å²) in [6, 6.07) is 4.44. The van der Waals surface area contributed by atoms with E-state index in [0.29, 0.717) is 10.1 Å². The average molecular weight is 288 g/mol. The molecule has 1 aromatic rings. The van der Waals surface area contributed by atoms with Crippen LogP contribution < -0.4 is 18.9 Å². The molecule has 1 aromatic carbocycles. The Hall–Kier alpha value is -1.96. The molecule has 0 bridgehead atoms. The molecule has 19 heavy (non-hydrogen) atoms. The van der Waals surface area contributed by atoms with Gasteiger partial charge in [0, 0.05) is 6.07 Å². The fourth-order valence-corrected chi connectivity index (χ4v) is 2.33. The van der Waals surface area contributed by atoms with Crippen LogP contribution in [0.4, 0.5) is 5.69 Å². The van der Waals surface area contributed by atoms with Gasteiger partial charge in [-0.2, -0.15) is 0 Å². The van der Waals surface area contributed by atoms with Gasteiger partial charge >= 0.3 is 0 Å². The number of benzene rings is 1. The van der Waals surface area contributed by atoms with E-state index in [0.717, 1.165) is 6.26 Å². The van der Waals surface area contributed by atoms with Crippen molar-refractivity contribution in [2.75, 3.05) is 31.3 Å². The van der Waals surface area contributed by atoms with E-state index < -0.39 is 22.5 Å². The van der Waals surface area contributed by atoms with Crippen LogP contribution in [0.25, 0.3) is 0 Å².